The smallest absolute Gasteiger partial charge is 0.253 e. The molecule has 0 aliphatic carbocycles. The SMILES string of the molecule is CCNc1ccc(C(=O)N2CCN(C(C)C)CC2)cc1. The number of nitrogens with one attached hydrogen (secondary N) is 1. The van der Waals surface area contributed by atoms with Crippen molar-refractivity contribution in [2.24, 2.45) is 0 Å². The van der Waals surface area contributed by atoms with Crippen molar-refractivity contribution in [3.8, 4) is 0 Å². The Morgan fingerprint density at radius 1 is 1.15 bits per heavy atom. The molecule has 0 saturated carbocycles. The molecule has 1 fully saturated rings. The van der Waals surface area contributed by atoms with Crippen LogP contribution in [0.3, 0.4) is 0 Å². The third kappa shape index (κ3) is 3.51. The molecule has 4 nitrogen and oxygen atoms in total. The van der Waals surface area contributed by atoms with Crippen molar-refractivity contribution < 1.29 is 4.79 Å². The molecule has 0 atom stereocenters. The first kappa shape index (κ1) is 14.9. The average Bonchev–Trinajstić information content (AvgIpc) is 2.48. The average molecular weight is 275 g/mol. The van der Waals surface area contributed by atoms with Gasteiger partial charge in [-0.1, -0.05) is 0 Å². The Morgan fingerprint density at radius 2 is 1.75 bits per heavy atom. The van der Waals surface area contributed by atoms with Crippen LogP contribution in [0, 0.1) is 0 Å². The lowest BCUT2D eigenvalue weighted by Crippen LogP contribution is -2.50. The van der Waals surface area contributed by atoms with Gasteiger partial charge in [0.1, 0.15) is 0 Å². The maximum atomic E-state index is 12.4. The molecule has 0 bridgehead atoms. The van der Waals surface area contributed by atoms with Gasteiger partial charge in [-0.15, -0.1) is 0 Å². The molecule has 20 heavy (non-hydrogen) atoms. The first-order chi connectivity index (χ1) is 9.61. The number of amides is 1. The number of benzene rings is 1. The normalized spacial score (nSPS) is 16.5. The van der Waals surface area contributed by atoms with Crippen molar-refractivity contribution in [3.05, 3.63) is 29.8 Å². The molecule has 1 aliphatic rings. The molecule has 1 amide bonds. The third-order valence-corrected chi connectivity index (χ3v) is 3.84. The second-order valence-corrected chi connectivity index (χ2v) is 5.53. The number of anilines is 1. The van der Waals surface area contributed by atoms with Crippen molar-refractivity contribution in [2.75, 3.05) is 38.0 Å². The second-order valence-electron chi connectivity index (χ2n) is 5.53. The van der Waals surface area contributed by atoms with Crippen LogP contribution < -0.4 is 5.32 Å². The fourth-order valence-corrected chi connectivity index (χ4v) is 2.56. The van der Waals surface area contributed by atoms with E-state index in [1.807, 2.05) is 29.2 Å². The van der Waals surface area contributed by atoms with Gasteiger partial charge in [0.25, 0.3) is 5.91 Å². The number of piperazine rings is 1. The monoisotopic (exact) mass is 275 g/mol. The fraction of sp³-hybridized carbons (Fsp3) is 0.562. The minimum absolute atomic E-state index is 0.149. The van der Waals surface area contributed by atoms with Crippen molar-refractivity contribution in [2.45, 2.75) is 26.8 Å². The molecule has 1 saturated heterocycles. The van der Waals surface area contributed by atoms with Gasteiger partial charge in [0, 0.05) is 50.0 Å². The van der Waals surface area contributed by atoms with Gasteiger partial charge in [-0.05, 0) is 45.0 Å². The summed E-state index contributed by atoms with van der Waals surface area (Å²) in [5, 5.41) is 3.24. The van der Waals surface area contributed by atoms with E-state index in [1.165, 1.54) is 0 Å². The second kappa shape index (κ2) is 6.75. The summed E-state index contributed by atoms with van der Waals surface area (Å²) in [6.07, 6.45) is 0. The van der Waals surface area contributed by atoms with Crippen LogP contribution in [0.2, 0.25) is 0 Å². The molecule has 0 unspecified atom stereocenters. The molecule has 1 aromatic carbocycles. The van der Waals surface area contributed by atoms with Crippen molar-refractivity contribution in [1.29, 1.82) is 0 Å². The molecular formula is C16H25N3O. The quantitative estimate of drug-likeness (QED) is 0.915. The molecule has 2 rings (SSSR count). The van der Waals surface area contributed by atoms with Crippen molar-refractivity contribution >= 4 is 11.6 Å². The standard InChI is InChI=1S/C16H25N3O/c1-4-17-15-7-5-14(6-8-15)16(20)19-11-9-18(10-12-19)13(2)3/h5-8,13,17H,4,9-12H2,1-3H3. The van der Waals surface area contributed by atoms with E-state index in [0.29, 0.717) is 6.04 Å². The molecule has 0 radical (unpaired) electrons. The first-order valence-corrected chi connectivity index (χ1v) is 7.49. The van der Waals surface area contributed by atoms with E-state index in [0.717, 1.165) is 44.0 Å². The van der Waals surface area contributed by atoms with Crippen LogP contribution >= 0.6 is 0 Å². The van der Waals surface area contributed by atoms with Crippen LogP contribution in [0.15, 0.2) is 24.3 Å². The highest BCUT2D eigenvalue weighted by Crippen LogP contribution is 2.13. The van der Waals surface area contributed by atoms with E-state index in [-0.39, 0.29) is 5.91 Å². The summed E-state index contributed by atoms with van der Waals surface area (Å²) in [4.78, 5) is 16.8. The van der Waals surface area contributed by atoms with Gasteiger partial charge in [-0.2, -0.15) is 0 Å². The van der Waals surface area contributed by atoms with Crippen molar-refractivity contribution in [3.63, 3.8) is 0 Å². The van der Waals surface area contributed by atoms with Crippen LogP contribution in [-0.2, 0) is 0 Å². The van der Waals surface area contributed by atoms with Crippen LogP contribution in [0.5, 0.6) is 0 Å². The summed E-state index contributed by atoms with van der Waals surface area (Å²) in [5.41, 5.74) is 1.85. The lowest BCUT2D eigenvalue weighted by Gasteiger charge is -2.37. The Morgan fingerprint density at radius 3 is 2.25 bits per heavy atom. The van der Waals surface area contributed by atoms with Crippen LogP contribution in [0.1, 0.15) is 31.1 Å². The Labute approximate surface area is 121 Å². The predicted molar refractivity (Wildman–Crippen MR) is 83.2 cm³/mol. The molecule has 110 valence electrons. The summed E-state index contributed by atoms with van der Waals surface area (Å²) in [6.45, 7) is 11.0. The topological polar surface area (TPSA) is 35.6 Å². The Hall–Kier alpha value is -1.55. The maximum absolute atomic E-state index is 12.4. The van der Waals surface area contributed by atoms with E-state index < -0.39 is 0 Å². The summed E-state index contributed by atoms with van der Waals surface area (Å²) >= 11 is 0. The molecule has 1 aromatic rings. The minimum Gasteiger partial charge on any atom is -0.385 e. The Balaban J connectivity index is 1.94. The molecule has 0 spiro atoms. The summed E-state index contributed by atoms with van der Waals surface area (Å²) in [6, 6.07) is 8.33. The minimum atomic E-state index is 0.149. The predicted octanol–water partition coefficient (Wildman–Crippen LogP) is 2.28. The fourth-order valence-electron chi connectivity index (χ4n) is 2.56. The van der Waals surface area contributed by atoms with Crippen LogP contribution in [0.4, 0.5) is 5.69 Å². The summed E-state index contributed by atoms with van der Waals surface area (Å²) < 4.78 is 0. The van der Waals surface area contributed by atoms with Crippen molar-refractivity contribution in [1.82, 2.24) is 9.80 Å². The lowest BCUT2D eigenvalue weighted by molar-refractivity contribution is 0.0595. The summed E-state index contributed by atoms with van der Waals surface area (Å²) in [7, 11) is 0. The highest BCUT2D eigenvalue weighted by molar-refractivity contribution is 5.94. The number of nitrogens with zero attached hydrogens (tertiary/aromatic N) is 2. The van der Waals surface area contributed by atoms with Gasteiger partial charge in [-0.3, -0.25) is 9.69 Å². The highest BCUT2D eigenvalue weighted by atomic mass is 16.2. The lowest BCUT2D eigenvalue weighted by atomic mass is 10.1. The van der Waals surface area contributed by atoms with Gasteiger partial charge in [0.05, 0.1) is 0 Å². The number of hydrogen-bond acceptors (Lipinski definition) is 3. The number of carbonyl (C=O) groups is 1. The van der Waals surface area contributed by atoms with Crippen LogP contribution in [0.25, 0.3) is 0 Å². The molecular weight excluding hydrogens is 250 g/mol. The molecule has 1 aliphatic heterocycles. The largest absolute Gasteiger partial charge is 0.385 e. The first-order valence-electron chi connectivity index (χ1n) is 7.49. The molecule has 4 heteroatoms. The molecule has 1 N–H and O–H groups in total. The van der Waals surface area contributed by atoms with E-state index in [2.05, 4.69) is 31.0 Å². The van der Waals surface area contributed by atoms with Gasteiger partial charge < -0.3 is 10.2 Å². The Bertz CT molecular complexity index is 434. The van der Waals surface area contributed by atoms with E-state index in [9.17, 15) is 4.79 Å². The highest BCUT2D eigenvalue weighted by Gasteiger charge is 2.23. The summed E-state index contributed by atoms with van der Waals surface area (Å²) in [5.74, 6) is 0.149. The maximum Gasteiger partial charge on any atom is 0.253 e. The van der Waals surface area contributed by atoms with Gasteiger partial charge in [0.2, 0.25) is 0 Å². The van der Waals surface area contributed by atoms with Gasteiger partial charge >= 0.3 is 0 Å². The Kier molecular flexibility index (Phi) is 5.01. The third-order valence-electron chi connectivity index (χ3n) is 3.84. The number of hydrogen-bond donors (Lipinski definition) is 1. The zero-order valence-electron chi connectivity index (χ0n) is 12.7. The van der Waals surface area contributed by atoms with Gasteiger partial charge in [-0.25, -0.2) is 0 Å². The van der Waals surface area contributed by atoms with Crippen LogP contribution in [-0.4, -0.2) is 54.5 Å². The van der Waals surface area contributed by atoms with Gasteiger partial charge in [0.15, 0.2) is 0 Å². The van der Waals surface area contributed by atoms with E-state index in [1.54, 1.807) is 0 Å². The molecule has 1 heterocycles. The number of carbonyl (C=O) groups excluding carboxylic acids is 1. The zero-order valence-corrected chi connectivity index (χ0v) is 12.7. The number of rotatable bonds is 4. The van der Waals surface area contributed by atoms with E-state index in [4.69, 9.17) is 0 Å². The zero-order chi connectivity index (χ0) is 14.5. The van der Waals surface area contributed by atoms with E-state index >= 15 is 0 Å². The molecule has 0 aromatic heterocycles.